The first-order chi connectivity index (χ1) is 14.0. The fraction of sp³-hybridized carbons (Fsp3) is 0.292. The van der Waals surface area contributed by atoms with Gasteiger partial charge in [0.2, 0.25) is 0 Å². The number of aliphatic carboxylic acids is 1. The van der Waals surface area contributed by atoms with Gasteiger partial charge in [0.05, 0.1) is 11.1 Å². The highest BCUT2D eigenvalue weighted by Gasteiger charge is 2.31. The lowest BCUT2D eigenvalue weighted by molar-refractivity contribution is -0.160. The summed E-state index contributed by atoms with van der Waals surface area (Å²) in [6, 6.07) is 12.6. The van der Waals surface area contributed by atoms with Crippen LogP contribution in [0.1, 0.15) is 54.1 Å². The Balaban J connectivity index is 2.40. The summed E-state index contributed by atoms with van der Waals surface area (Å²) in [4.78, 5) is 27.9. The zero-order valence-corrected chi connectivity index (χ0v) is 17.7. The van der Waals surface area contributed by atoms with Crippen molar-refractivity contribution in [1.29, 1.82) is 0 Å². The third-order valence-corrected chi connectivity index (χ3v) is 4.76. The molecule has 0 saturated carbocycles. The van der Waals surface area contributed by atoms with Crippen LogP contribution in [0.4, 0.5) is 0 Å². The number of rotatable bonds is 5. The first kappa shape index (κ1) is 21.5. The maximum Gasteiger partial charge on any atom is 0.354 e. The van der Waals surface area contributed by atoms with Crippen LogP contribution in [0.3, 0.4) is 0 Å². The first-order valence-corrected chi connectivity index (χ1v) is 9.63. The lowest BCUT2D eigenvalue weighted by atomic mass is 9.88. The van der Waals surface area contributed by atoms with Crippen molar-refractivity contribution >= 4 is 22.8 Å². The van der Waals surface area contributed by atoms with Crippen molar-refractivity contribution in [3.8, 4) is 11.1 Å². The SMILES string of the molecule is Cc1ccc(-c2c([C@H](OC(C)(C)C)C(=O)O)c(C)cc3nc(C(=O)O)ccc23)cc1. The van der Waals surface area contributed by atoms with E-state index in [1.165, 1.54) is 6.07 Å². The maximum atomic E-state index is 12.2. The lowest BCUT2D eigenvalue weighted by Gasteiger charge is -2.28. The third-order valence-electron chi connectivity index (χ3n) is 4.76. The van der Waals surface area contributed by atoms with Crippen molar-refractivity contribution in [3.63, 3.8) is 0 Å². The minimum Gasteiger partial charge on any atom is -0.479 e. The highest BCUT2D eigenvalue weighted by molar-refractivity contribution is 6.01. The van der Waals surface area contributed by atoms with Gasteiger partial charge in [-0.05, 0) is 69.5 Å². The Morgan fingerprint density at radius 3 is 2.17 bits per heavy atom. The number of pyridine rings is 1. The molecule has 1 aromatic heterocycles. The molecule has 0 aliphatic heterocycles. The molecule has 0 spiro atoms. The van der Waals surface area contributed by atoms with Gasteiger partial charge in [-0.15, -0.1) is 0 Å². The smallest absolute Gasteiger partial charge is 0.354 e. The molecule has 2 aromatic carbocycles. The van der Waals surface area contributed by atoms with Crippen LogP contribution in [0.15, 0.2) is 42.5 Å². The highest BCUT2D eigenvalue weighted by Crippen LogP contribution is 2.40. The van der Waals surface area contributed by atoms with Crippen LogP contribution in [0.2, 0.25) is 0 Å². The number of aryl methyl sites for hydroxylation is 2. The van der Waals surface area contributed by atoms with Gasteiger partial charge in [-0.3, -0.25) is 0 Å². The van der Waals surface area contributed by atoms with Crippen molar-refractivity contribution in [3.05, 3.63) is 64.8 Å². The molecule has 6 heteroatoms. The number of fused-ring (bicyclic) bond motifs is 1. The van der Waals surface area contributed by atoms with Gasteiger partial charge in [-0.25, -0.2) is 14.6 Å². The van der Waals surface area contributed by atoms with Crippen molar-refractivity contribution in [2.24, 2.45) is 0 Å². The van der Waals surface area contributed by atoms with E-state index in [0.717, 1.165) is 11.1 Å². The second kappa shape index (κ2) is 7.88. The van der Waals surface area contributed by atoms with E-state index < -0.39 is 23.6 Å². The molecule has 0 aliphatic carbocycles. The van der Waals surface area contributed by atoms with E-state index in [1.54, 1.807) is 19.1 Å². The van der Waals surface area contributed by atoms with Gasteiger partial charge >= 0.3 is 11.9 Å². The van der Waals surface area contributed by atoms with Crippen molar-refractivity contribution in [2.75, 3.05) is 0 Å². The fourth-order valence-corrected chi connectivity index (χ4v) is 3.50. The summed E-state index contributed by atoms with van der Waals surface area (Å²) in [6.45, 7) is 9.20. The predicted octanol–water partition coefficient (Wildman–Crippen LogP) is 5.16. The minimum absolute atomic E-state index is 0.0646. The number of aromatic nitrogens is 1. The average molecular weight is 407 g/mol. The van der Waals surface area contributed by atoms with Crippen LogP contribution in [0.25, 0.3) is 22.0 Å². The number of nitrogens with zero attached hydrogens (tertiary/aromatic N) is 1. The normalized spacial score (nSPS) is 12.7. The summed E-state index contributed by atoms with van der Waals surface area (Å²) in [5.41, 5.74) is 3.54. The number of carboxylic acid groups (broad SMARTS) is 2. The summed E-state index contributed by atoms with van der Waals surface area (Å²) in [5.74, 6) is -2.20. The van der Waals surface area contributed by atoms with Crippen molar-refractivity contribution in [2.45, 2.75) is 46.3 Å². The molecule has 3 rings (SSSR count). The molecule has 0 bridgehead atoms. The van der Waals surface area contributed by atoms with E-state index in [9.17, 15) is 19.8 Å². The van der Waals surface area contributed by atoms with Crippen LogP contribution in [-0.2, 0) is 9.53 Å². The third kappa shape index (κ3) is 4.33. The second-order valence-corrected chi connectivity index (χ2v) is 8.36. The number of carbonyl (C=O) groups is 2. The Kier molecular flexibility index (Phi) is 5.63. The summed E-state index contributed by atoms with van der Waals surface area (Å²) < 4.78 is 5.95. The highest BCUT2D eigenvalue weighted by atomic mass is 16.5. The lowest BCUT2D eigenvalue weighted by Crippen LogP contribution is -2.28. The maximum absolute atomic E-state index is 12.2. The molecule has 6 nitrogen and oxygen atoms in total. The molecule has 156 valence electrons. The first-order valence-electron chi connectivity index (χ1n) is 9.63. The molecule has 0 fully saturated rings. The minimum atomic E-state index is -1.19. The van der Waals surface area contributed by atoms with Crippen LogP contribution in [-0.4, -0.2) is 32.7 Å². The molecular formula is C24H25NO5. The Hall–Kier alpha value is -3.25. The molecule has 0 saturated heterocycles. The predicted molar refractivity (Wildman–Crippen MR) is 115 cm³/mol. The van der Waals surface area contributed by atoms with E-state index in [-0.39, 0.29) is 5.69 Å². The number of hydrogen-bond donors (Lipinski definition) is 2. The number of carboxylic acids is 2. The summed E-state index contributed by atoms with van der Waals surface area (Å²) in [5, 5.41) is 20.0. The monoisotopic (exact) mass is 407 g/mol. The summed E-state index contributed by atoms with van der Waals surface area (Å²) in [6.07, 6.45) is -1.19. The molecule has 0 radical (unpaired) electrons. The number of benzene rings is 2. The van der Waals surface area contributed by atoms with Gasteiger partial charge < -0.3 is 14.9 Å². The Morgan fingerprint density at radius 1 is 1.00 bits per heavy atom. The average Bonchev–Trinajstić information content (AvgIpc) is 2.64. The van der Waals surface area contributed by atoms with Crippen molar-refractivity contribution in [1.82, 2.24) is 4.98 Å². The fourth-order valence-electron chi connectivity index (χ4n) is 3.50. The van der Waals surface area contributed by atoms with E-state index in [0.29, 0.717) is 27.6 Å². The van der Waals surface area contributed by atoms with Gasteiger partial charge in [-0.2, -0.15) is 0 Å². The van der Waals surface area contributed by atoms with Crippen LogP contribution < -0.4 is 0 Å². The van der Waals surface area contributed by atoms with E-state index in [2.05, 4.69) is 4.98 Å². The van der Waals surface area contributed by atoms with Crippen LogP contribution in [0, 0.1) is 13.8 Å². The molecule has 3 aromatic rings. The molecule has 0 aliphatic rings. The summed E-state index contributed by atoms with van der Waals surface area (Å²) >= 11 is 0. The quantitative estimate of drug-likeness (QED) is 0.606. The van der Waals surface area contributed by atoms with E-state index >= 15 is 0 Å². The van der Waals surface area contributed by atoms with Gasteiger partial charge in [0.15, 0.2) is 6.10 Å². The molecule has 0 unspecified atom stereocenters. The van der Waals surface area contributed by atoms with Crippen molar-refractivity contribution < 1.29 is 24.5 Å². The van der Waals surface area contributed by atoms with Gasteiger partial charge in [-0.1, -0.05) is 29.8 Å². The number of aromatic carboxylic acids is 1. The molecule has 1 atom stereocenters. The van der Waals surface area contributed by atoms with E-state index in [4.69, 9.17) is 4.74 Å². The Bertz CT molecular complexity index is 1130. The topological polar surface area (TPSA) is 96.7 Å². The second-order valence-electron chi connectivity index (χ2n) is 8.36. The summed E-state index contributed by atoms with van der Waals surface area (Å²) in [7, 11) is 0. The van der Waals surface area contributed by atoms with Crippen LogP contribution in [0.5, 0.6) is 0 Å². The number of ether oxygens (including phenoxy) is 1. The molecular weight excluding hydrogens is 382 g/mol. The standard InChI is InChI=1S/C24H25NO5/c1-13-6-8-15(9-7-13)20-16-10-11-17(22(26)27)25-18(16)12-14(2)19(20)21(23(28)29)30-24(3,4)5/h6-12,21H,1-5H3,(H,26,27)(H,28,29)/t21-/m0/s1. The number of hydrogen-bond acceptors (Lipinski definition) is 4. The molecule has 1 heterocycles. The molecule has 30 heavy (non-hydrogen) atoms. The zero-order valence-electron chi connectivity index (χ0n) is 17.7. The zero-order chi connectivity index (χ0) is 22.2. The largest absolute Gasteiger partial charge is 0.479 e. The molecule has 2 N–H and O–H groups in total. The van der Waals surface area contributed by atoms with Crippen LogP contribution >= 0.6 is 0 Å². The van der Waals surface area contributed by atoms with Gasteiger partial charge in [0.1, 0.15) is 5.69 Å². The Morgan fingerprint density at radius 2 is 1.63 bits per heavy atom. The molecule has 0 amide bonds. The Labute approximate surface area is 175 Å². The van der Waals surface area contributed by atoms with Gasteiger partial charge in [0, 0.05) is 10.9 Å². The van der Waals surface area contributed by atoms with E-state index in [1.807, 2.05) is 52.0 Å². The van der Waals surface area contributed by atoms with Gasteiger partial charge in [0.25, 0.3) is 0 Å².